The first kappa shape index (κ1) is 13.0. The molecule has 2 aromatic rings. The fraction of sp³-hybridized carbons (Fsp3) is 0.167. The Bertz CT molecular complexity index is 525. The average Bonchev–Trinajstić information content (AvgIpc) is 2.69. The molecule has 0 amide bonds. The maximum absolute atomic E-state index is 9.97. The van der Waals surface area contributed by atoms with Gasteiger partial charge in [0.25, 0.3) is 0 Å². The van der Waals surface area contributed by atoms with Crippen LogP contribution in [0.4, 0.5) is 0 Å². The Morgan fingerprint density at radius 1 is 1.24 bits per heavy atom. The highest BCUT2D eigenvalue weighted by atomic mass is 79.9. The van der Waals surface area contributed by atoms with Gasteiger partial charge in [-0.05, 0) is 45.8 Å². The first-order valence-electron chi connectivity index (χ1n) is 4.93. The molecular formula is C12H9BrCl2O2. The van der Waals surface area contributed by atoms with Crippen LogP contribution < -0.4 is 0 Å². The molecule has 0 radical (unpaired) electrons. The summed E-state index contributed by atoms with van der Waals surface area (Å²) >= 11 is 15.0. The molecule has 17 heavy (non-hydrogen) atoms. The van der Waals surface area contributed by atoms with Crippen molar-refractivity contribution >= 4 is 39.1 Å². The number of hydrogen-bond donors (Lipinski definition) is 1. The van der Waals surface area contributed by atoms with Crippen LogP contribution in [0.1, 0.15) is 17.4 Å². The van der Waals surface area contributed by atoms with Crippen LogP contribution in [0.3, 0.4) is 0 Å². The molecule has 0 spiro atoms. The van der Waals surface area contributed by atoms with Gasteiger partial charge in [-0.25, -0.2) is 0 Å². The molecule has 5 heteroatoms. The van der Waals surface area contributed by atoms with Crippen LogP contribution in [0, 0.1) is 0 Å². The lowest BCUT2D eigenvalue weighted by Crippen LogP contribution is -2.00. The van der Waals surface area contributed by atoms with E-state index in [4.69, 9.17) is 27.6 Å². The van der Waals surface area contributed by atoms with Crippen LogP contribution in [-0.2, 0) is 6.42 Å². The Balaban J connectivity index is 2.15. The molecule has 2 nitrogen and oxygen atoms in total. The van der Waals surface area contributed by atoms with Crippen molar-refractivity contribution in [1.82, 2.24) is 0 Å². The van der Waals surface area contributed by atoms with Gasteiger partial charge in [0.15, 0.2) is 4.67 Å². The molecule has 0 saturated carbocycles. The Labute approximate surface area is 117 Å². The lowest BCUT2D eigenvalue weighted by atomic mass is 10.1. The van der Waals surface area contributed by atoms with Gasteiger partial charge in [-0.3, -0.25) is 0 Å². The van der Waals surface area contributed by atoms with E-state index in [2.05, 4.69) is 15.9 Å². The van der Waals surface area contributed by atoms with Crippen molar-refractivity contribution in [2.24, 2.45) is 0 Å². The second-order valence-electron chi connectivity index (χ2n) is 3.60. The number of rotatable bonds is 3. The molecule has 0 saturated heterocycles. The highest BCUT2D eigenvalue weighted by molar-refractivity contribution is 9.10. The van der Waals surface area contributed by atoms with Crippen LogP contribution in [0.25, 0.3) is 0 Å². The Morgan fingerprint density at radius 3 is 2.59 bits per heavy atom. The number of furan rings is 1. The number of benzene rings is 1. The summed E-state index contributed by atoms with van der Waals surface area (Å²) < 4.78 is 5.87. The SMILES string of the molecule is OC(Cc1ccc(Cl)cc1Cl)c1ccc(Br)o1. The van der Waals surface area contributed by atoms with Crippen LogP contribution >= 0.6 is 39.1 Å². The largest absolute Gasteiger partial charge is 0.452 e. The lowest BCUT2D eigenvalue weighted by Gasteiger charge is -2.09. The third-order valence-electron chi connectivity index (χ3n) is 2.35. The zero-order valence-corrected chi connectivity index (χ0v) is 11.8. The van der Waals surface area contributed by atoms with Crippen molar-refractivity contribution in [3.8, 4) is 0 Å². The second kappa shape index (κ2) is 5.44. The van der Waals surface area contributed by atoms with Crippen LogP contribution in [0.15, 0.2) is 39.4 Å². The van der Waals surface area contributed by atoms with E-state index in [1.165, 1.54) is 0 Å². The van der Waals surface area contributed by atoms with Crippen molar-refractivity contribution < 1.29 is 9.52 Å². The molecule has 0 aliphatic heterocycles. The predicted octanol–water partition coefficient (Wildman–Crippen LogP) is 4.63. The van der Waals surface area contributed by atoms with Crippen molar-refractivity contribution in [1.29, 1.82) is 0 Å². The van der Waals surface area contributed by atoms with Crippen LogP contribution in [0.5, 0.6) is 0 Å². The van der Waals surface area contributed by atoms with Gasteiger partial charge in [0, 0.05) is 16.5 Å². The average molecular weight is 336 g/mol. The van der Waals surface area contributed by atoms with E-state index in [1.807, 2.05) is 0 Å². The van der Waals surface area contributed by atoms with E-state index < -0.39 is 6.10 Å². The number of aliphatic hydroxyl groups is 1. The zero-order chi connectivity index (χ0) is 12.4. The summed E-state index contributed by atoms with van der Waals surface area (Å²) in [6, 6.07) is 8.66. The molecule has 2 rings (SSSR count). The third kappa shape index (κ3) is 3.26. The minimum Gasteiger partial charge on any atom is -0.452 e. The van der Waals surface area contributed by atoms with E-state index >= 15 is 0 Å². The molecule has 1 heterocycles. The molecule has 1 N–H and O–H groups in total. The summed E-state index contributed by atoms with van der Waals surface area (Å²) in [5, 5.41) is 11.1. The van der Waals surface area contributed by atoms with Gasteiger partial charge in [-0.15, -0.1) is 0 Å². The molecule has 1 aromatic heterocycles. The molecule has 1 atom stereocenters. The number of aliphatic hydroxyl groups excluding tert-OH is 1. The van der Waals surface area contributed by atoms with Crippen molar-refractivity contribution in [3.63, 3.8) is 0 Å². The maximum Gasteiger partial charge on any atom is 0.169 e. The Kier molecular flexibility index (Phi) is 4.15. The molecular weight excluding hydrogens is 327 g/mol. The molecule has 0 aliphatic carbocycles. The number of hydrogen-bond acceptors (Lipinski definition) is 2. The third-order valence-corrected chi connectivity index (χ3v) is 3.36. The van der Waals surface area contributed by atoms with E-state index in [1.54, 1.807) is 30.3 Å². The van der Waals surface area contributed by atoms with E-state index in [9.17, 15) is 5.11 Å². The Morgan fingerprint density at radius 2 is 2.00 bits per heavy atom. The van der Waals surface area contributed by atoms with Gasteiger partial charge in [0.2, 0.25) is 0 Å². The molecule has 0 fully saturated rings. The van der Waals surface area contributed by atoms with Crippen molar-refractivity contribution in [2.45, 2.75) is 12.5 Å². The van der Waals surface area contributed by atoms with Gasteiger partial charge in [0.05, 0.1) is 0 Å². The minimum atomic E-state index is -0.722. The molecule has 1 aromatic carbocycles. The summed E-state index contributed by atoms with van der Waals surface area (Å²) in [6.45, 7) is 0. The second-order valence-corrected chi connectivity index (χ2v) is 5.22. The lowest BCUT2D eigenvalue weighted by molar-refractivity contribution is 0.149. The van der Waals surface area contributed by atoms with Crippen molar-refractivity contribution in [3.05, 3.63) is 56.4 Å². The van der Waals surface area contributed by atoms with Crippen LogP contribution in [-0.4, -0.2) is 5.11 Å². The molecule has 0 aliphatic rings. The Hall–Kier alpha value is -0.480. The van der Waals surface area contributed by atoms with E-state index in [0.29, 0.717) is 26.9 Å². The van der Waals surface area contributed by atoms with E-state index in [-0.39, 0.29) is 0 Å². The van der Waals surface area contributed by atoms with Gasteiger partial charge in [-0.2, -0.15) is 0 Å². The van der Waals surface area contributed by atoms with E-state index in [0.717, 1.165) is 5.56 Å². The predicted molar refractivity (Wildman–Crippen MR) is 71.5 cm³/mol. The van der Waals surface area contributed by atoms with Crippen molar-refractivity contribution in [2.75, 3.05) is 0 Å². The normalized spacial score (nSPS) is 12.7. The van der Waals surface area contributed by atoms with Gasteiger partial charge < -0.3 is 9.52 Å². The highest BCUT2D eigenvalue weighted by Crippen LogP contribution is 2.27. The summed E-state index contributed by atoms with van der Waals surface area (Å²) in [4.78, 5) is 0. The smallest absolute Gasteiger partial charge is 0.169 e. The first-order chi connectivity index (χ1) is 8.06. The summed E-state index contributed by atoms with van der Waals surface area (Å²) in [5.41, 5.74) is 0.830. The van der Waals surface area contributed by atoms with Crippen LogP contribution in [0.2, 0.25) is 10.0 Å². The number of halogens is 3. The van der Waals surface area contributed by atoms with Gasteiger partial charge >= 0.3 is 0 Å². The summed E-state index contributed by atoms with van der Waals surface area (Å²) in [5.74, 6) is 0.503. The van der Waals surface area contributed by atoms with Gasteiger partial charge in [-0.1, -0.05) is 29.3 Å². The zero-order valence-electron chi connectivity index (χ0n) is 8.66. The van der Waals surface area contributed by atoms with Gasteiger partial charge in [0.1, 0.15) is 11.9 Å². The summed E-state index contributed by atoms with van der Waals surface area (Å²) in [6.07, 6.45) is -0.337. The molecule has 90 valence electrons. The monoisotopic (exact) mass is 334 g/mol. The standard InChI is InChI=1S/C12H9BrCl2O2/c13-12-4-3-11(17-12)10(16)5-7-1-2-8(14)6-9(7)15/h1-4,6,10,16H,5H2. The quantitative estimate of drug-likeness (QED) is 0.887. The maximum atomic E-state index is 9.97. The molecule has 0 bridgehead atoms. The topological polar surface area (TPSA) is 33.4 Å². The highest BCUT2D eigenvalue weighted by Gasteiger charge is 2.14. The molecule has 1 unspecified atom stereocenters. The summed E-state index contributed by atoms with van der Waals surface area (Å²) in [7, 11) is 0. The fourth-order valence-corrected chi connectivity index (χ4v) is 2.31. The fourth-order valence-electron chi connectivity index (χ4n) is 1.50. The first-order valence-corrected chi connectivity index (χ1v) is 6.48. The minimum absolute atomic E-state index is 0.385.